The number of sulfonamides is 1. The Labute approximate surface area is 205 Å². The predicted octanol–water partition coefficient (Wildman–Crippen LogP) is 3.65. The molecule has 0 aliphatic carbocycles. The maximum Gasteiger partial charge on any atom is 0.261 e. The first-order chi connectivity index (χ1) is 16.9. The van der Waals surface area contributed by atoms with Crippen LogP contribution in [0.2, 0.25) is 0 Å². The highest BCUT2D eigenvalue weighted by molar-refractivity contribution is 7.92. The number of benzene rings is 3. The Hall–Kier alpha value is -3.56. The molecule has 1 heterocycles. The lowest BCUT2D eigenvalue weighted by Crippen LogP contribution is -2.36. The van der Waals surface area contributed by atoms with Crippen molar-refractivity contribution in [1.29, 1.82) is 0 Å². The van der Waals surface area contributed by atoms with Crippen molar-refractivity contribution >= 4 is 27.3 Å². The molecular weight excluding hydrogens is 466 g/mol. The third kappa shape index (κ3) is 6.52. The minimum Gasteiger partial charge on any atom is -0.494 e. The zero-order chi connectivity index (χ0) is 24.7. The van der Waals surface area contributed by atoms with E-state index in [1.807, 2.05) is 31.2 Å². The highest BCUT2D eigenvalue weighted by atomic mass is 32.2. The number of rotatable bonds is 9. The normalized spacial score (nSPS) is 13.8. The summed E-state index contributed by atoms with van der Waals surface area (Å²) in [5.74, 6) is 0.310. The minimum atomic E-state index is -3.86. The van der Waals surface area contributed by atoms with E-state index in [-0.39, 0.29) is 16.4 Å². The molecule has 184 valence electrons. The molecule has 1 amide bonds. The zero-order valence-electron chi connectivity index (χ0n) is 19.6. The topological polar surface area (TPSA) is 97.0 Å². The molecule has 35 heavy (non-hydrogen) atoms. The van der Waals surface area contributed by atoms with Crippen molar-refractivity contribution in [3.8, 4) is 5.75 Å². The fraction of sp³-hybridized carbons (Fsp3) is 0.269. The van der Waals surface area contributed by atoms with Gasteiger partial charge in [-0.1, -0.05) is 18.2 Å². The number of hydrogen-bond acceptors (Lipinski definition) is 6. The van der Waals surface area contributed by atoms with Crippen molar-refractivity contribution < 1.29 is 22.7 Å². The Kier molecular flexibility index (Phi) is 7.89. The van der Waals surface area contributed by atoms with Crippen LogP contribution in [0.1, 0.15) is 22.8 Å². The molecule has 0 atom stereocenters. The van der Waals surface area contributed by atoms with Crippen LogP contribution in [0.15, 0.2) is 77.7 Å². The summed E-state index contributed by atoms with van der Waals surface area (Å²) < 4.78 is 39.0. The lowest BCUT2D eigenvalue weighted by Gasteiger charge is -2.28. The average molecular weight is 496 g/mol. The summed E-state index contributed by atoms with van der Waals surface area (Å²) in [6.07, 6.45) is 0. The SMILES string of the molecule is CCOc1ccc(NS(=O)(=O)c2cccc(C(=O)NCc3ccc(N4CCOCC4)cc3)c2)cc1. The van der Waals surface area contributed by atoms with Gasteiger partial charge in [0.15, 0.2) is 0 Å². The van der Waals surface area contributed by atoms with Gasteiger partial charge in [0.2, 0.25) is 0 Å². The quantitative estimate of drug-likeness (QED) is 0.470. The smallest absolute Gasteiger partial charge is 0.261 e. The summed E-state index contributed by atoms with van der Waals surface area (Å²) in [4.78, 5) is 15.0. The second kappa shape index (κ2) is 11.2. The van der Waals surface area contributed by atoms with Gasteiger partial charge < -0.3 is 19.7 Å². The van der Waals surface area contributed by atoms with E-state index in [0.717, 1.165) is 37.6 Å². The highest BCUT2D eigenvalue weighted by Crippen LogP contribution is 2.21. The fourth-order valence-corrected chi connectivity index (χ4v) is 4.84. The number of carbonyl (C=O) groups excluding carboxylic acids is 1. The summed E-state index contributed by atoms with van der Waals surface area (Å²) in [5.41, 5.74) is 2.76. The standard InChI is InChI=1S/C26H29N3O5S/c1-2-34-24-12-8-22(9-13-24)28-35(31,32)25-5-3-4-21(18-25)26(30)27-19-20-6-10-23(11-7-20)29-14-16-33-17-15-29/h3-13,18,28H,2,14-17,19H2,1H3,(H,27,30). The monoisotopic (exact) mass is 495 g/mol. The van der Waals surface area contributed by atoms with Crippen LogP contribution in [0.25, 0.3) is 0 Å². The van der Waals surface area contributed by atoms with Crippen LogP contribution in [0.4, 0.5) is 11.4 Å². The second-order valence-corrected chi connectivity index (χ2v) is 9.72. The Balaban J connectivity index is 1.37. The zero-order valence-corrected chi connectivity index (χ0v) is 20.4. The van der Waals surface area contributed by atoms with Gasteiger partial charge in [-0.25, -0.2) is 8.42 Å². The minimum absolute atomic E-state index is 0.00824. The van der Waals surface area contributed by atoms with Crippen molar-refractivity contribution in [2.75, 3.05) is 42.5 Å². The predicted molar refractivity (Wildman–Crippen MR) is 136 cm³/mol. The number of amides is 1. The van der Waals surface area contributed by atoms with E-state index in [1.54, 1.807) is 36.4 Å². The lowest BCUT2D eigenvalue weighted by molar-refractivity contribution is 0.0950. The third-order valence-corrected chi connectivity index (χ3v) is 6.97. The maximum absolute atomic E-state index is 12.8. The number of anilines is 2. The largest absolute Gasteiger partial charge is 0.494 e. The van der Waals surface area contributed by atoms with Crippen LogP contribution in [-0.4, -0.2) is 47.2 Å². The molecule has 2 N–H and O–H groups in total. The van der Waals surface area contributed by atoms with Crippen molar-refractivity contribution in [1.82, 2.24) is 5.32 Å². The molecule has 9 heteroatoms. The molecule has 0 spiro atoms. The summed E-state index contributed by atoms with van der Waals surface area (Å²) >= 11 is 0. The van der Waals surface area contributed by atoms with Gasteiger partial charge >= 0.3 is 0 Å². The number of hydrogen-bond donors (Lipinski definition) is 2. The van der Waals surface area contributed by atoms with E-state index in [0.29, 0.717) is 24.6 Å². The molecule has 1 fully saturated rings. The van der Waals surface area contributed by atoms with Crippen LogP contribution < -0.4 is 19.7 Å². The summed E-state index contributed by atoms with van der Waals surface area (Å²) in [6, 6.07) is 20.6. The van der Waals surface area contributed by atoms with Gasteiger partial charge in [-0.2, -0.15) is 0 Å². The van der Waals surface area contributed by atoms with E-state index in [2.05, 4.69) is 14.9 Å². The third-order valence-electron chi connectivity index (χ3n) is 5.59. The van der Waals surface area contributed by atoms with Crippen molar-refractivity contribution in [3.05, 3.63) is 83.9 Å². The van der Waals surface area contributed by atoms with Crippen molar-refractivity contribution in [3.63, 3.8) is 0 Å². The number of morpholine rings is 1. The van der Waals surface area contributed by atoms with Gasteiger partial charge in [-0.15, -0.1) is 0 Å². The Bertz CT molecular complexity index is 1240. The molecule has 3 aromatic carbocycles. The maximum atomic E-state index is 12.8. The molecule has 1 aliphatic rings. The van der Waals surface area contributed by atoms with Crippen LogP contribution >= 0.6 is 0 Å². The van der Waals surface area contributed by atoms with Crippen LogP contribution in [0.3, 0.4) is 0 Å². The van der Waals surface area contributed by atoms with E-state index < -0.39 is 10.0 Å². The van der Waals surface area contributed by atoms with E-state index in [4.69, 9.17) is 9.47 Å². The van der Waals surface area contributed by atoms with E-state index >= 15 is 0 Å². The average Bonchev–Trinajstić information content (AvgIpc) is 2.89. The van der Waals surface area contributed by atoms with Gasteiger partial charge in [0, 0.05) is 36.6 Å². The molecule has 3 aromatic rings. The fourth-order valence-electron chi connectivity index (χ4n) is 3.74. The molecule has 0 radical (unpaired) electrons. The van der Waals surface area contributed by atoms with Gasteiger partial charge in [-0.3, -0.25) is 9.52 Å². The summed E-state index contributed by atoms with van der Waals surface area (Å²) in [6.45, 7) is 5.92. The molecule has 0 aromatic heterocycles. The number of carbonyl (C=O) groups is 1. The number of nitrogens with zero attached hydrogens (tertiary/aromatic N) is 1. The van der Waals surface area contributed by atoms with Gasteiger partial charge in [-0.05, 0) is 67.1 Å². The van der Waals surface area contributed by atoms with Gasteiger partial charge in [0.25, 0.3) is 15.9 Å². The Morgan fingerprint density at radius 1 is 1.00 bits per heavy atom. The van der Waals surface area contributed by atoms with Crippen LogP contribution in [0.5, 0.6) is 5.75 Å². The summed E-state index contributed by atoms with van der Waals surface area (Å²) in [7, 11) is -3.86. The van der Waals surface area contributed by atoms with E-state index in [1.165, 1.54) is 12.1 Å². The first-order valence-electron chi connectivity index (χ1n) is 11.5. The first-order valence-corrected chi connectivity index (χ1v) is 13.0. The van der Waals surface area contributed by atoms with E-state index in [9.17, 15) is 13.2 Å². The van der Waals surface area contributed by atoms with Crippen LogP contribution in [0, 0.1) is 0 Å². The molecule has 4 rings (SSSR count). The number of ether oxygens (including phenoxy) is 2. The second-order valence-electron chi connectivity index (χ2n) is 8.04. The van der Waals surface area contributed by atoms with Gasteiger partial charge in [0.1, 0.15) is 5.75 Å². The molecule has 0 bridgehead atoms. The first kappa shape index (κ1) is 24.6. The molecule has 0 unspecified atom stereocenters. The van der Waals surface area contributed by atoms with Crippen molar-refractivity contribution in [2.24, 2.45) is 0 Å². The Morgan fingerprint density at radius 2 is 1.71 bits per heavy atom. The van der Waals surface area contributed by atoms with Crippen LogP contribution in [-0.2, 0) is 21.3 Å². The van der Waals surface area contributed by atoms with Crippen molar-refractivity contribution in [2.45, 2.75) is 18.4 Å². The molecule has 1 saturated heterocycles. The highest BCUT2D eigenvalue weighted by Gasteiger charge is 2.17. The molecule has 8 nitrogen and oxygen atoms in total. The lowest BCUT2D eigenvalue weighted by atomic mass is 10.1. The molecule has 1 aliphatic heterocycles. The summed E-state index contributed by atoms with van der Waals surface area (Å²) in [5, 5.41) is 2.86. The number of nitrogens with one attached hydrogen (secondary N) is 2. The van der Waals surface area contributed by atoms with Gasteiger partial charge in [0.05, 0.1) is 24.7 Å². The molecular formula is C26H29N3O5S. The Morgan fingerprint density at radius 3 is 2.40 bits per heavy atom. The molecule has 0 saturated carbocycles.